The zero-order valence-electron chi connectivity index (χ0n) is 15.8. The van der Waals surface area contributed by atoms with Crippen molar-refractivity contribution >= 4 is 11.9 Å². The van der Waals surface area contributed by atoms with Crippen molar-refractivity contribution in [3.8, 4) is 5.82 Å². The van der Waals surface area contributed by atoms with Gasteiger partial charge in [0.2, 0.25) is 0 Å². The zero-order chi connectivity index (χ0) is 19.1. The normalized spacial score (nSPS) is 24.7. The van der Waals surface area contributed by atoms with Gasteiger partial charge in [-0.25, -0.2) is 9.78 Å². The smallest absolute Gasteiger partial charge is 0.326 e. The Balaban J connectivity index is 1.73. The lowest BCUT2D eigenvalue weighted by Gasteiger charge is -2.33. The number of likely N-dealkylation sites (tertiary alicyclic amines) is 1. The van der Waals surface area contributed by atoms with E-state index in [4.69, 9.17) is 0 Å². The first-order valence-electron chi connectivity index (χ1n) is 9.65. The molecule has 2 aliphatic rings. The van der Waals surface area contributed by atoms with Crippen molar-refractivity contribution in [2.75, 3.05) is 0 Å². The number of aromatic nitrogens is 2. The van der Waals surface area contributed by atoms with Crippen LogP contribution >= 0.6 is 0 Å². The molecule has 1 saturated carbocycles. The van der Waals surface area contributed by atoms with E-state index in [1.165, 1.54) is 0 Å². The summed E-state index contributed by atoms with van der Waals surface area (Å²) in [6.45, 7) is 3.85. The SMILES string of the molecule is Cc1cc(C(=O)N2C(C(=O)O)CC3CCCCC32)c(C)n1-c1ccccn1. The zero-order valence-corrected chi connectivity index (χ0v) is 15.8. The quantitative estimate of drug-likeness (QED) is 0.903. The molecule has 0 spiro atoms. The Kier molecular flexibility index (Phi) is 4.50. The summed E-state index contributed by atoms with van der Waals surface area (Å²) >= 11 is 0. The number of fused-ring (bicyclic) bond motifs is 1. The third-order valence-electron chi connectivity index (χ3n) is 6.15. The minimum Gasteiger partial charge on any atom is -0.480 e. The highest BCUT2D eigenvalue weighted by molar-refractivity contribution is 5.98. The topological polar surface area (TPSA) is 75.4 Å². The van der Waals surface area contributed by atoms with Crippen molar-refractivity contribution in [1.29, 1.82) is 0 Å². The summed E-state index contributed by atoms with van der Waals surface area (Å²) in [4.78, 5) is 31.4. The second kappa shape index (κ2) is 6.83. The van der Waals surface area contributed by atoms with Gasteiger partial charge in [-0.05, 0) is 57.2 Å². The number of pyridine rings is 1. The van der Waals surface area contributed by atoms with E-state index in [9.17, 15) is 14.7 Å². The summed E-state index contributed by atoms with van der Waals surface area (Å²) in [5.74, 6) is 0.0183. The Labute approximate surface area is 158 Å². The average molecular weight is 367 g/mol. The Bertz CT molecular complexity index is 874. The van der Waals surface area contributed by atoms with Gasteiger partial charge in [-0.3, -0.25) is 4.79 Å². The molecule has 6 heteroatoms. The molecular weight excluding hydrogens is 342 g/mol. The van der Waals surface area contributed by atoms with Crippen molar-refractivity contribution in [2.45, 2.75) is 58.0 Å². The van der Waals surface area contributed by atoms with Crippen LogP contribution in [0.15, 0.2) is 30.5 Å². The molecule has 1 saturated heterocycles. The van der Waals surface area contributed by atoms with Crippen LogP contribution < -0.4 is 0 Å². The molecule has 2 fully saturated rings. The molecule has 6 nitrogen and oxygen atoms in total. The Hall–Kier alpha value is -2.63. The van der Waals surface area contributed by atoms with Crippen LogP contribution in [0.25, 0.3) is 5.82 Å². The number of carbonyl (C=O) groups is 2. The average Bonchev–Trinajstić information content (AvgIpc) is 3.19. The number of carboxylic acid groups (broad SMARTS) is 1. The van der Waals surface area contributed by atoms with E-state index >= 15 is 0 Å². The molecule has 1 amide bonds. The number of carbonyl (C=O) groups excluding carboxylic acids is 1. The van der Waals surface area contributed by atoms with Gasteiger partial charge in [-0.2, -0.15) is 0 Å². The highest BCUT2D eigenvalue weighted by atomic mass is 16.4. The van der Waals surface area contributed by atoms with Crippen LogP contribution in [0.5, 0.6) is 0 Å². The van der Waals surface area contributed by atoms with Crippen LogP contribution in [0.3, 0.4) is 0 Å². The third kappa shape index (κ3) is 2.93. The second-order valence-corrected chi connectivity index (χ2v) is 7.72. The van der Waals surface area contributed by atoms with Crippen LogP contribution in [0.4, 0.5) is 0 Å². The fourth-order valence-corrected chi connectivity index (χ4v) is 4.93. The second-order valence-electron chi connectivity index (χ2n) is 7.72. The van der Waals surface area contributed by atoms with Crippen LogP contribution in [-0.4, -0.2) is 43.5 Å². The molecular formula is C21H25N3O3. The fourth-order valence-electron chi connectivity index (χ4n) is 4.93. The molecule has 3 unspecified atom stereocenters. The molecule has 0 aromatic carbocycles. The van der Waals surface area contributed by atoms with Gasteiger partial charge in [0.05, 0.1) is 5.56 Å². The molecule has 0 radical (unpaired) electrons. The molecule has 1 N–H and O–H groups in total. The molecule has 2 aromatic rings. The summed E-state index contributed by atoms with van der Waals surface area (Å²) < 4.78 is 1.96. The van der Waals surface area contributed by atoms with Crippen LogP contribution in [-0.2, 0) is 4.79 Å². The van der Waals surface area contributed by atoms with Gasteiger partial charge < -0.3 is 14.6 Å². The number of hydrogen-bond donors (Lipinski definition) is 1. The first-order valence-corrected chi connectivity index (χ1v) is 9.65. The lowest BCUT2D eigenvalue weighted by Crippen LogP contribution is -2.46. The van der Waals surface area contributed by atoms with Gasteiger partial charge in [-0.1, -0.05) is 18.9 Å². The lowest BCUT2D eigenvalue weighted by atomic mass is 9.84. The van der Waals surface area contributed by atoms with Crippen LogP contribution in [0.1, 0.15) is 53.8 Å². The number of nitrogens with zero attached hydrogens (tertiary/aromatic N) is 3. The van der Waals surface area contributed by atoms with Crippen LogP contribution in [0, 0.1) is 19.8 Å². The molecule has 1 aliphatic heterocycles. The predicted octanol–water partition coefficient (Wildman–Crippen LogP) is 3.35. The largest absolute Gasteiger partial charge is 0.480 e. The van der Waals surface area contributed by atoms with E-state index in [1.807, 2.05) is 42.7 Å². The minimum atomic E-state index is -0.892. The Morgan fingerprint density at radius 1 is 1.19 bits per heavy atom. The van der Waals surface area contributed by atoms with Gasteiger partial charge in [0.25, 0.3) is 5.91 Å². The Morgan fingerprint density at radius 3 is 2.67 bits per heavy atom. The van der Waals surface area contributed by atoms with Gasteiger partial charge in [-0.15, -0.1) is 0 Å². The number of aliphatic carboxylic acids is 1. The van der Waals surface area contributed by atoms with Crippen molar-refractivity contribution < 1.29 is 14.7 Å². The summed E-state index contributed by atoms with van der Waals surface area (Å²) in [7, 11) is 0. The van der Waals surface area contributed by atoms with Gasteiger partial charge in [0.15, 0.2) is 0 Å². The monoisotopic (exact) mass is 367 g/mol. The van der Waals surface area contributed by atoms with Crippen molar-refractivity contribution in [1.82, 2.24) is 14.5 Å². The van der Waals surface area contributed by atoms with Gasteiger partial charge >= 0.3 is 5.97 Å². The maximum absolute atomic E-state index is 13.5. The van der Waals surface area contributed by atoms with E-state index < -0.39 is 12.0 Å². The fraction of sp³-hybridized carbons (Fsp3) is 0.476. The van der Waals surface area contributed by atoms with E-state index in [0.717, 1.165) is 42.9 Å². The molecule has 1 aliphatic carbocycles. The summed E-state index contributed by atoms with van der Waals surface area (Å²) in [6, 6.07) is 6.86. The van der Waals surface area contributed by atoms with Crippen molar-refractivity contribution in [2.24, 2.45) is 5.92 Å². The summed E-state index contributed by atoms with van der Waals surface area (Å²) in [5.41, 5.74) is 2.30. The molecule has 0 bridgehead atoms. The van der Waals surface area contributed by atoms with E-state index in [0.29, 0.717) is 17.9 Å². The Morgan fingerprint density at radius 2 is 1.96 bits per heavy atom. The van der Waals surface area contributed by atoms with Gasteiger partial charge in [0.1, 0.15) is 11.9 Å². The number of amides is 1. The maximum atomic E-state index is 13.5. The number of rotatable bonds is 3. The number of hydrogen-bond acceptors (Lipinski definition) is 3. The lowest BCUT2D eigenvalue weighted by molar-refractivity contribution is -0.141. The third-order valence-corrected chi connectivity index (χ3v) is 6.15. The number of aryl methyl sites for hydroxylation is 1. The van der Waals surface area contributed by atoms with E-state index in [-0.39, 0.29) is 11.9 Å². The molecule has 2 aromatic heterocycles. The number of carboxylic acids is 1. The van der Waals surface area contributed by atoms with Gasteiger partial charge in [0, 0.05) is 23.6 Å². The summed E-state index contributed by atoms with van der Waals surface area (Å²) in [5, 5.41) is 9.72. The molecule has 27 heavy (non-hydrogen) atoms. The molecule has 4 rings (SSSR count). The molecule has 142 valence electrons. The highest BCUT2D eigenvalue weighted by Gasteiger charge is 2.48. The standard InChI is InChI=1S/C21H25N3O3/c1-13-11-16(14(2)23(13)19-9-5-6-10-22-19)20(25)24-17-8-4-3-7-15(17)12-18(24)21(26)27/h5-6,9-11,15,17-18H,3-4,7-8,12H2,1-2H3,(H,26,27). The maximum Gasteiger partial charge on any atom is 0.326 e. The van der Waals surface area contributed by atoms with E-state index in [1.54, 1.807) is 11.1 Å². The molecule has 3 atom stereocenters. The van der Waals surface area contributed by atoms with Crippen LogP contribution in [0.2, 0.25) is 0 Å². The van der Waals surface area contributed by atoms with E-state index in [2.05, 4.69) is 4.98 Å². The first kappa shape index (κ1) is 17.8. The summed E-state index contributed by atoms with van der Waals surface area (Å²) in [6.07, 6.45) is 6.41. The minimum absolute atomic E-state index is 0.0465. The first-order chi connectivity index (χ1) is 13.0. The predicted molar refractivity (Wildman–Crippen MR) is 101 cm³/mol. The molecule has 3 heterocycles. The van der Waals surface area contributed by atoms with Crippen molar-refractivity contribution in [3.05, 3.63) is 47.4 Å². The van der Waals surface area contributed by atoms with Crippen molar-refractivity contribution in [3.63, 3.8) is 0 Å². The highest BCUT2D eigenvalue weighted by Crippen LogP contribution is 2.41.